The second-order valence-corrected chi connectivity index (χ2v) is 5.23. The van der Waals surface area contributed by atoms with Gasteiger partial charge in [-0.3, -0.25) is 14.9 Å². The lowest BCUT2D eigenvalue weighted by atomic mass is 10.1. The molecule has 2 aromatic carbocycles. The molecule has 6 heteroatoms. The minimum Gasteiger partial charge on any atom is -0.478 e. The fourth-order valence-electron chi connectivity index (χ4n) is 1.87. The van der Waals surface area contributed by atoms with Gasteiger partial charge in [-0.1, -0.05) is 46.3 Å². The van der Waals surface area contributed by atoms with Gasteiger partial charge in [0.15, 0.2) is 6.61 Å². The van der Waals surface area contributed by atoms with Crippen molar-refractivity contribution in [1.82, 2.24) is 0 Å². The van der Waals surface area contributed by atoms with Gasteiger partial charge in [-0.05, 0) is 18.6 Å². The van der Waals surface area contributed by atoms with Crippen molar-refractivity contribution in [2.75, 3.05) is 6.61 Å². The zero-order valence-corrected chi connectivity index (χ0v) is 12.8. The summed E-state index contributed by atoms with van der Waals surface area (Å²) in [5.41, 5.74) is 0.952. The summed E-state index contributed by atoms with van der Waals surface area (Å²) >= 11 is 3.29. The molecule has 0 unspecified atom stereocenters. The van der Waals surface area contributed by atoms with Gasteiger partial charge < -0.3 is 4.74 Å². The van der Waals surface area contributed by atoms with Crippen molar-refractivity contribution >= 4 is 27.4 Å². The molecule has 2 aromatic rings. The topological polar surface area (TPSA) is 69.4 Å². The minimum atomic E-state index is -0.523. The molecule has 0 saturated carbocycles. The van der Waals surface area contributed by atoms with Crippen molar-refractivity contribution in [2.45, 2.75) is 6.92 Å². The van der Waals surface area contributed by atoms with Crippen molar-refractivity contribution in [3.8, 4) is 5.75 Å². The van der Waals surface area contributed by atoms with E-state index in [0.29, 0.717) is 15.6 Å². The number of ether oxygens (including phenoxy) is 1. The second kappa shape index (κ2) is 6.49. The van der Waals surface area contributed by atoms with E-state index in [1.165, 1.54) is 6.07 Å². The molecule has 0 saturated heterocycles. The van der Waals surface area contributed by atoms with Gasteiger partial charge in [-0.25, -0.2) is 0 Å². The highest BCUT2D eigenvalue weighted by Crippen LogP contribution is 2.30. The van der Waals surface area contributed by atoms with E-state index in [1.807, 2.05) is 0 Å². The minimum absolute atomic E-state index is 0.128. The summed E-state index contributed by atoms with van der Waals surface area (Å²) in [5, 5.41) is 11.0. The Morgan fingerprint density at radius 2 is 1.95 bits per heavy atom. The Balaban J connectivity index is 2.19. The van der Waals surface area contributed by atoms with Crippen molar-refractivity contribution in [3.63, 3.8) is 0 Å². The second-order valence-electron chi connectivity index (χ2n) is 4.37. The van der Waals surface area contributed by atoms with Gasteiger partial charge in [0.2, 0.25) is 11.5 Å². The molecule has 0 aromatic heterocycles. The molecule has 21 heavy (non-hydrogen) atoms. The molecule has 108 valence electrons. The third-order valence-electron chi connectivity index (χ3n) is 2.91. The normalized spacial score (nSPS) is 10.2. The maximum Gasteiger partial charge on any atom is 0.311 e. The van der Waals surface area contributed by atoms with Crippen molar-refractivity contribution in [3.05, 3.63) is 68.2 Å². The van der Waals surface area contributed by atoms with Crippen LogP contribution in [0.25, 0.3) is 0 Å². The van der Waals surface area contributed by atoms with E-state index < -0.39 is 4.92 Å². The first kappa shape index (κ1) is 15.2. The van der Waals surface area contributed by atoms with Crippen LogP contribution in [-0.4, -0.2) is 17.3 Å². The number of carbonyl (C=O) groups excluding carboxylic acids is 1. The zero-order chi connectivity index (χ0) is 15.4. The van der Waals surface area contributed by atoms with E-state index in [1.54, 1.807) is 43.3 Å². The number of aryl methyl sites for hydroxylation is 1. The third kappa shape index (κ3) is 3.46. The smallest absolute Gasteiger partial charge is 0.311 e. The molecule has 0 spiro atoms. The number of carbonyl (C=O) groups is 1. The highest BCUT2D eigenvalue weighted by atomic mass is 79.9. The van der Waals surface area contributed by atoms with E-state index in [0.717, 1.165) is 0 Å². The van der Waals surface area contributed by atoms with Crippen LogP contribution >= 0.6 is 15.9 Å². The SMILES string of the molecule is Cc1cccc([N+](=O)[O-])c1OCC(=O)c1ccccc1Br. The zero-order valence-electron chi connectivity index (χ0n) is 11.2. The molecule has 0 radical (unpaired) electrons. The van der Waals surface area contributed by atoms with Gasteiger partial charge >= 0.3 is 5.69 Å². The average Bonchev–Trinajstić information content (AvgIpc) is 2.45. The fraction of sp³-hybridized carbons (Fsp3) is 0.133. The monoisotopic (exact) mass is 349 g/mol. The van der Waals surface area contributed by atoms with Crippen LogP contribution in [0.3, 0.4) is 0 Å². The van der Waals surface area contributed by atoms with Crippen LogP contribution in [0, 0.1) is 17.0 Å². The summed E-state index contributed by atoms with van der Waals surface area (Å²) in [5.74, 6) is -0.122. The molecule has 0 aliphatic carbocycles. The van der Waals surface area contributed by atoms with Crippen LogP contribution in [0.15, 0.2) is 46.9 Å². The summed E-state index contributed by atoms with van der Waals surface area (Å²) in [6.45, 7) is 1.44. The molecule has 0 bridgehead atoms. The molecule has 0 aliphatic heterocycles. The van der Waals surface area contributed by atoms with Crippen molar-refractivity contribution < 1.29 is 14.5 Å². The molecular formula is C15H12BrNO4. The number of hydrogen-bond acceptors (Lipinski definition) is 4. The number of nitro groups is 1. The van der Waals surface area contributed by atoms with E-state index in [2.05, 4.69) is 15.9 Å². The first-order valence-electron chi connectivity index (χ1n) is 6.15. The molecule has 0 aliphatic rings. The number of Topliss-reactive ketones (excluding diaryl/α,β-unsaturated/α-hetero) is 1. The number of benzene rings is 2. The Hall–Kier alpha value is -2.21. The predicted octanol–water partition coefficient (Wildman–Crippen LogP) is 3.93. The van der Waals surface area contributed by atoms with Gasteiger partial charge in [-0.15, -0.1) is 0 Å². The highest BCUT2D eigenvalue weighted by molar-refractivity contribution is 9.10. The van der Waals surface area contributed by atoms with Gasteiger partial charge in [0.05, 0.1) is 4.92 Å². The van der Waals surface area contributed by atoms with E-state index in [4.69, 9.17) is 4.74 Å². The quantitative estimate of drug-likeness (QED) is 0.465. The Bertz CT molecular complexity index is 700. The van der Waals surface area contributed by atoms with E-state index in [9.17, 15) is 14.9 Å². The highest BCUT2D eigenvalue weighted by Gasteiger charge is 2.19. The first-order valence-corrected chi connectivity index (χ1v) is 6.94. The largest absolute Gasteiger partial charge is 0.478 e. The molecule has 0 heterocycles. The first-order chi connectivity index (χ1) is 10.0. The number of ketones is 1. The summed E-state index contributed by atoms with van der Waals surface area (Å²) in [6, 6.07) is 11.6. The summed E-state index contributed by atoms with van der Waals surface area (Å²) in [4.78, 5) is 22.6. The lowest BCUT2D eigenvalue weighted by Crippen LogP contribution is -2.13. The van der Waals surface area contributed by atoms with E-state index in [-0.39, 0.29) is 23.8 Å². The van der Waals surface area contributed by atoms with Crippen LogP contribution in [-0.2, 0) is 0 Å². The molecule has 2 rings (SSSR count). The number of hydrogen-bond donors (Lipinski definition) is 0. The Morgan fingerprint density at radius 3 is 2.62 bits per heavy atom. The maximum atomic E-state index is 12.1. The standard InChI is InChI=1S/C15H12BrNO4/c1-10-5-4-8-13(17(19)20)15(10)21-9-14(18)11-6-2-3-7-12(11)16/h2-8H,9H2,1H3. The molecule has 0 N–H and O–H groups in total. The molecule has 5 nitrogen and oxygen atoms in total. The third-order valence-corrected chi connectivity index (χ3v) is 3.60. The van der Waals surface area contributed by atoms with Gasteiger partial charge in [-0.2, -0.15) is 0 Å². The van der Waals surface area contributed by atoms with Crippen molar-refractivity contribution in [1.29, 1.82) is 0 Å². The summed E-state index contributed by atoms with van der Waals surface area (Å²) < 4.78 is 6.05. The van der Waals surface area contributed by atoms with Gasteiger partial charge in [0, 0.05) is 16.1 Å². The Labute approximate surface area is 129 Å². The lowest BCUT2D eigenvalue weighted by molar-refractivity contribution is -0.385. The number of para-hydroxylation sites is 1. The van der Waals surface area contributed by atoms with Crippen LogP contribution in [0.2, 0.25) is 0 Å². The van der Waals surface area contributed by atoms with Gasteiger partial charge in [0.1, 0.15) is 0 Å². The average molecular weight is 350 g/mol. The predicted molar refractivity (Wildman–Crippen MR) is 81.8 cm³/mol. The fourth-order valence-corrected chi connectivity index (χ4v) is 2.38. The van der Waals surface area contributed by atoms with E-state index >= 15 is 0 Å². The Morgan fingerprint density at radius 1 is 1.24 bits per heavy atom. The summed E-state index contributed by atoms with van der Waals surface area (Å²) in [6.07, 6.45) is 0. The van der Waals surface area contributed by atoms with Crippen LogP contribution in [0.5, 0.6) is 5.75 Å². The number of nitro benzene ring substituents is 1. The van der Waals surface area contributed by atoms with Crippen LogP contribution in [0.1, 0.15) is 15.9 Å². The Kier molecular flexibility index (Phi) is 4.70. The van der Waals surface area contributed by atoms with Crippen LogP contribution < -0.4 is 4.74 Å². The number of nitrogens with zero attached hydrogens (tertiary/aromatic N) is 1. The van der Waals surface area contributed by atoms with Crippen LogP contribution in [0.4, 0.5) is 5.69 Å². The van der Waals surface area contributed by atoms with Gasteiger partial charge in [0.25, 0.3) is 0 Å². The maximum absolute atomic E-state index is 12.1. The number of rotatable bonds is 5. The number of halogens is 1. The lowest BCUT2D eigenvalue weighted by Gasteiger charge is -2.09. The molecular weight excluding hydrogens is 338 g/mol. The molecule has 0 fully saturated rings. The molecule has 0 amide bonds. The van der Waals surface area contributed by atoms with Crippen molar-refractivity contribution in [2.24, 2.45) is 0 Å². The molecule has 0 atom stereocenters. The summed E-state index contributed by atoms with van der Waals surface area (Å²) in [7, 11) is 0.